The summed E-state index contributed by atoms with van der Waals surface area (Å²) in [6.45, 7) is 6.49. The Hall–Kier alpha value is -1.63. The highest BCUT2D eigenvalue weighted by molar-refractivity contribution is 5.88. The van der Waals surface area contributed by atoms with Gasteiger partial charge in [-0.15, -0.1) is 0 Å². The molecule has 0 aromatic heterocycles. The average Bonchev–Trinajstić information content (AvgIpc) is 2.52. The first-order valence-corrected chi connectivity index (χ1v) is 8.83. The molecule has 1 saturated carbocycles. The highest BCUT2D eigenvalue weighted by Crippen LogP contribution is 2.40. The molecule has 1 aliphatic carbocycles. The lowest BCUT2D eigenvalue weighted by atomic mass is 9.68. The zero-order chi connectivity index (χ0) is 18.2. The van der Waals surface area contributed by atoms with Crippen molar-refractivity contribution in [2.24, 2.45) is 22.8 Å². The molecule has 0 aromatic rings. The second kappa shape index (κ2) is 9.61. The van der Waals surface area contributed by atoms with E-state index in [9.17, 15) is 14.4 Å². The first-order chi connectivity index (χ1) is 11.2. The van der Waals surface area contributed by atoms with Crippen molar-refractivity contribution in [2.75, 3.05) is 13.1 Å². The van der Waals surface area contributed by atoms with Crippen molar-refractivity contribution in [3.05, 3.63) is 0 Å². The summed E-state index contributed by atoms with van der Waals surface area (Å²) in [4.78, 5) is 31.6. The largest absolute Gasteiger partial charge is 0.370 e. The van der Waals surface area contributed by atoms with Crippen molar-refractivity contribution < 1.29 is 14.4 Å². The van der Waals surface area contributed by atoms with Crippen LogP contribution in [0, 0.1) is 11.3 Å². The van der Waals surface area contributed by atoms with Crippen LogP contribution in [0.2, 0.25) is 0 Å². The lowest BCUT2D eigenvalue weighted by Crippen LogP contribution is -2.61. The Bertz CT molecular complexity index is 429. The van der Waals surface area contributed by atoms with Crippen LogP contribution in [0.3, 0.4) is 0 Å². The van der Waals surface area contributed by atoms with E-state index >= 15 is 0 Å². The first-order valence-electron chi connectivity index (χ1n) is 8.83. The number of carbonyl (C=O) groups excluding carboxylic acids is 3. The molecule has 2 fully saturated rings. The third kappa shape index (κ3) is 6.86. The Morgan fingerprint density at radius 2 is 1.75 bits per heavy atom. The Morgan fingerprint density at radius 3 is 2.08 bits per heavy atom. The third-order valence-electron chi connectivity index (χ3n) is 4.67. The second-order valence-electron chi connectivity index (χ2n) is 7.33. The van der Waals surface area contributed by atoms with E-state index in [1.54, 1.807) is 0 Å². The summed E-state index contributed by atoms with van der Waals surface area (Å²) < 4.78 is 0. The molecule has 0 bridgehead atoms. The van der Waals surface area contributed by atoms with Crippen LogP contribution in [0.4, 0.5) is 0 Å². The smallest absolute Gasteiger partial charge is 0.228 e. The molecule has 2 rings (SSSR count). The van der Waals surface area contributed by atoms with Crippen LogP contribution in [0.1, 0.15) is 58.8 Å². The fourth-order valence-corrected chi connectivity index (χ4v) is 3.03. The fourth-order valence-electron chi connectivity index (χ4n) is 3.03. The molecular formula is C17H32N4O3. The molecule has 0 radical (unpaired) electrons. The molecule has 138 valence electrons. The minimum atomic E-state index is -0.392. The number of β-lactam (4-membered cyclic amide) rings is 1. The zero-order valence-corrected chi connectivity index (χ0v) is 14.9. The van der Waals surface area contributed by atoms with Crippen LogP contribution in [-0.4, -0.2) is 36.9 Å². The van der Waals surface area contributed by atoms with Crippen molar-refractivity contribution in [3.63, 3.8) is 0 Å². The molecule has 0 unspecified atom stereocenters. The minimum absolute atomic E-state index is 0.0377. The van der Waals surface area contributed by atoms with E-state index in [1.807, 2.05) is 0 Å². The van der Waals surface area contributed by atoms with Gasteiger partial charge < -0.3 is 22.1 Å². The fraction of sp³-hybridized carbons (Fsp3) is 0.824. The predicted molar refractivity (Wildman–Crippen MR) is 92.8 cm³/mol. The Labute approximate surface area is 144 Å². The number of rotatable bonds is 7. The predicted octanol–water partition coefficient (Wildman–Crippen LogP) is 0.418. The minimum Gasteiger partial charge on any atom is -0.370 e. The number of hydrogen-bond donors (Lipinski definition) is 4. The summed E-state index contributed by atoms with van der Waals surface area (Å²) in [5.41, 5.74) is 9.61. The maximum absolute atomic E-state index is 11.4. The summed E-state index contributed by atoms with van der Waals surface area (Å²) in [5, 5.41) is 6.46. The van der Waals surface area contributed by atoms with Gasteiger partial charge in [0.15, 0.2) is 0 Å². The van der Waals surface area contributed by atoms with Gasteiger partial charge in [-0.3, -0.25) is 14.4 Å². The van der Waals surface area contributed by atoms with Gasteiger partial charge in [0.2, 0.25) is 17.7 Å². The van der Waals surface area contributed by atoms with Crippen molar-refractivity contribution in [1.82, 2.24) is 10.6 Å². The van der Waals surface area contributed by atoms with Crippen molar-refractivity contribution in [2.45, 2.75) is 64.8 Å². The van der Waals surface area contributed by atoms with E-state index in [0.29, 0.717) is 24.3 Å². The summed E-state index contributed by atoms with van der Waals surface area (Å²) in [6, 6.07) is 0.645. The molecule has 2 aliphatic rings. The highest BCUT2D eigenvalue weighted by atomic mass is 16.2. The van der Waals surface area contributed by atoms with E-state index in [2.05, 4.69) is 24.5 Å². The quantitative estimate of drug-likeness (QED) is 0.501. The molecular weight excluding hydrogens is 308 g/mol. The van der Waals surface area contributed by atoms with Gasteiger partial charge in [0, 0.05) is 25.4 Å². The molecule has 0 aromatic carbocycles. The molecule has 3 amide bonds. The Kier molecular flexibility index (Phi) is 8.18. The van der Waals surface area contributed by atoms with Gasteiger partial charge in [0.05, 0.1) is 5.41 Å². The van der Waals surface area contributed by atoms with Gasteiger partial charge in [-0.2, -0.15) is 0 Å². The molecule has 1 aliphatic heterocycles. The summed E-state index contributed by atoms with van der Waals surface area (Å²) >= 11 is 0. The van der Waals surface area contributed by atoms with E-state index in [4.69, 9.17) is 11.5 Å². The molecule has 7 nitrogen and oxygen atoms in total. The van der Waals surface area contributed by atoms with Gasteiger partial charge in [-0.1, -0.05) is 13.8 Å². The molecule has 0 atom stereocenters. The van der Waals surface area contributed by atoms with Gasteiger partial charge in [-0.05, 0) is 44.6 Å². The summed E-state index contributed by atoms with van der Waals surface area (Å²) in [7, 11) is 0. The number of nitrogens with one attached hydrogen (secondary N) is 2. The van der Waals surface area contributed by atoms with Gasteiger partial charge in [0.25, 0.3) is 0 Å². The average molecular weight is 340 g/mol. The maximum Gasteiger partial charge on any atom is 0.228 e. The van der Waals surface area contributed by atoms with Crippen LogP contribution in [0.5, 0.6) is 0 Å². The molecule has 1 spiro atoms. The first kappa shape index (κ1) is 20.4. The van der Waals surface area contributed by atoms with Crippen LogP contribution < -0.4 is 22.1 Å². The second-order valence-corrected chi connectivity index (χ2v) is 7.33. The monoisotopic (exact) mass is 340 g/mol. The van der Waals surface area contributed by atoms with Crippen molar-refractivity contribution >= 4 is 17.7 Å². The normalized spacial score (nSPS) is 25.5. The number of primary amides is 2. The van der Waals surface area contributed by atoms with Crippen LogP contribution in [0.15, 0.2) is 0 Å². The molecule has 24 heavy (non-hydrogen) atoms. The Morgan fingerprint density at radius 1 is 1.21 bits per heavy atom. The van der Waals surface area contributed by atoms with Crippen LogP contribution in [-0.2, 0) is 14.4 Å². The number of amides is 3. The zero-order valence-electron chi connectivity index (χ0n) is 14.9. The number of carbonyl (C=O) groups is 3. The summed E-state index contributed by atoms with van der Waals surface area (Å²) in [5.74, 6) is 0.227. The van der Waals surface area contributed by atoms with Gasteiger partial charge >= 0.3 is 0 Å². The van der Waals surface area contributed by atoms with Crippen molar-refractivity contribution in [1.29, 1.82) is 0 Å². The SMILES string of the molecule is CC(C)CNC1CCC2(CC1)CNC2=O.NC(=O)CCCC(N)=O. The lowest BCUT2D eigenvalue weighted by Gasteiger charge is -2.45. The number of hydrogen-bond acceptors (Lipinski definition) is 4. The van der Waals surface area contributed by atoms with Gasteiger partial charge in [0.1, 0.15) is 0 Å². The number of nitrogens with two attached hydrogens (primary N) is 2. The lowest BCUT2D eigenvalue weighted by molar-refractivity contribution is -0.142. The van der Waals surface area contributed by atoms with Crippen LogP contribution in [0.25, 0.3) is 0 Å². The van der Waals surface area contributed by atoms with Crippen LogP contribution >= 0.6 is 0 Å². The highest BCUT2D eigenvalue weighted by Gasteiger charge is 2.47. The van der Waals surface area contributed by atoms with E-state index in [-0.39, 0.29) is 18.3 Å². The standard InChI is InChI=1S/C12H22N2O.C5H10N2O2/c1-9(2)7-13-10-3-5-12(6-4-10)8-14-11(12)15;6-4(8)2-1-3-5(7)9/h9-10,13H,3-8H2,1-2H3,(H,14,15);1-3H2,(H2,6,8)(H2,7,9). The maximum atomic E-state index is 11.4. The molecule has 7 heteroatoms. The third-order valence-corrected chi connectivity index (χ3v) is 4.67. The van der Waals surface area contributed by atoms with Crippen molar-refractivity contribution in [3.8, 4) is 0 Å². The van der Waals surface area contributed by atoms with E-state index < -0.39 is 11.8 Å². The molecule has 1 saturated heterocycles. The summed E-state index contributed by atoms with van der Waals surface area (Å²) in [6.07, 6.45) is 5.43. The topological polar surface area (TPSA) is 127 Å². The Balaban J connectivity index is 0.000000277. The molecule has 6 N–H and O–H groups in total. The van der Waals surface area contributed by atoms with Gasteiger partial charge in [-0.25, -0.2) is 0 Å². The molecule has 1 heterocycles. The van der Waals surface area contributed by atoms with E-state index in [0.717, 1.165) is 25.9 Å². The van der Waals surface area contributed by atoms with E-state index in [1.165, 1.54) is 12.8 Å².